The predicted octanol–water partition coefficient (Wildman–Crippen LogP) is 4.17. The Morgan fingerprint density at radius 2 is 2.04 bits per heavy atom. The summed E-state index contributed by atoms with van der Waals surface area (Å²) in [6, 6.07) is 4.77. The fourth-order valence-corrected chi connectivity index (χ4v) is 3.02. The van der Waals surface area contributed by atoms with E-state index in [-0.39, 0.29) is 6.61 Å². The second-order valence-corrected chi connectivity index (χ2v) is 6.15. The Morgan fingerprint density at radius 1 is 1.24 bits per heavy atom. The number of benzene rings is 1. The monoisotopic (exact) mass is 351 g/mol. The minimum Gasteiger partial charge on any atom is -0.382 e. The summed E-state index contributed by atoms with van der Waals surface area (Å²) >= 11 is 0. The van der Waals surface area contributed by atoms with Crippen molar-refractivity contribution < 1.29 is 17.9 Å². The van der Waals surface area contributed by atoms with E-state index in [0.29, 0.717) is 11.5 Å². The van der Waals surface area contributed by atoms with E-state index in [2.05, 4.69) is 15.3 Å². The number of hydrogen-bond donors (Lipinski definition) is 1. The molecule has 1 aromatic carbocycles. The molecule has 1 atom stereocenters. The van der Waals surface area contributed by atoms with Crippen molar-refractivity contribution in [3.05, 3.63) is 52.8 Å². The quantitative estimate of drug-likeness (QED) is 0.878. The SMILES string of the molecule is COCC(Nc1ncc2c(n1)CCCC2)c1cccc(C(F)(F)F)c1. The molecule has 0 saturated carbocycles. The average Bonchev–Trinajstić information content (AvgIpc) is 2.61. The van der Waals surface area contributed by atoms with E-state index in [0.717, 1.165) is 49.1 Å². The first-order chi connectivity index (χ1) is 12.0. The van der Waals surface area contributed by atoms with Gasteiger partial charge in [-0.3, -0.25) is 0 Å². The van der Waals surface area contributed by atoms with Gasteiger partial charge in [0.2, 0.25) is 5.95 Å². The molecule has 1 N–H and O–H groups in total. The Balaban J connectivity index is 1.84. The van der Waals surface area contributed by atoms with Crippen LogP contribution in [0.4, 0.5) is 19.1 Å². The summed E-state index contributed by atoms with van der Waals surface area (Å²) in [7, 11) is 1.51. The smallest absolute Gasteiger partial charge is 0.382 e. The average molecular weight is 351 g/mol. The van der Waals surface area contributed by atoms with Gasteiger partial charge < -0.3 is 10.1 Å². The fourth-order valence-electron chi connectivity index (χ4n) is 3.02. The number of aromatic nitrogens is 2. The van der Waals surface area contributed by atoms with Crippen LogP contribution in [0.5, 0.6) is 0 Å². The van der Waals surface area contributed by atoms with Crippen LogP contribution < -0.4 is 5.32 Å². The van der Waals surface area contributed by atoms with Gasteiger partial charge in [-0.25, -0.2) is 9.97 Å². The maximum Gasteiger partial charge on any atom is 0.416 e. The molecule has 134 valence electrons. The highest BCUT2D eigenvalue weighted by Crippen LogP contribution is 2.31. The largest absolute Gasteiger partial charge is 0.416 e. The molecule has 0 amide bonds. The third-order valence-corrected chi connectivity index (χ3v) is 4.32. The third kappa shape index (κ3) is 4.28. The Hall–Kier alpha value is -2.15. The zero-order valence-corrected chi connectivity index (χ0v) is 13.9. The Morgan fingerprint density at radius 3 is 2.80 bits per heavy atom. The molecule has 3 rings (SSSR count). The van der Waals surface area contributed by atoms with Crippen molar-refractivity contribution in [3.63, 3.8) is 0 Å². The Labute approximate surface area is 144 Å². The van der Waals surface area contributed by atoms with Crippen LogP contribution in [0.1, 0.15) is 41.3 Å². The molecule has 1 heterocycles. The maximum atomic E-state index is 13.0. The van der Waals surface area contributed by atoms with E-state index in [4.69, 9.17) is 4.74 Å². The second kappa shape index (κ2) is 7.39. The lowest BCUT2D eigenvalue weighted by molar-refractivity contribution is -0.137. The standard InChI is InChI=1S/C18H20F3N3O/c1-25-11-16(12-6-4-7-14(9-12)18(19,20)21)24-17-22-10-13-5-2-3-8-15(13)23-17/h4,6-7,9-10,16H,2-3,5,8,11H2,1H3,(H,22,23,24). The van der Waals surface area contributed by atoms with Crippen molar-refractivity contribution in [1.29, 1.82) is 0 Å². The molecule has 7 heteroatoms. The summed E-state index contributed by atoms with van der Waals surface area (Å²) in [5.41, 5.74) is 1.97. The van der Waals surface area contributed by atoms with E-state index in [1.165, 1.54) is 13.2 Å². The zero-order chi connectivity index (χ0) is 17.9. The maximum absolute atomic E-state index is 13.0. The van der Waals surface area contributed by atoms with E-state index < -0.39 is 17.8 Å². The fraction of sp³-hybridized carbons (Fsp3) is 0.444. The number of rotatable bonds is 5. The summed E-state index contributed by atoms with van der Waals surface area (Å²) in [5.74, 6) is 0.417. The van der Waals surface area contributed by atoms with Crippen LogP contribution in [-0.2, 0) is 23.8 Å². The molecule has 1 unspecified atom stereocenters. The molecule has 25 heavy (non-hydrogen) atoms. The van der Waals surface area contributed by atoms with Gasteiger partial charge in [-0.15, -0.1) is 0 Å². The number of alkyl halides is 3. The number of anilines is 1. The summed E-state index contributed by atoms with van der Waals surface area (Å²) in [6.45, 7) is 0.210. The molecule has 0 saturated heterocycles. The normalized spacial score (nSPS) is 15.5. The molecule has 1 aliphatic rings. The lowest BCUT2D eigenvalue weighted by atomic mass is 9.98. The van der Waals surface area contributed by atoms with Gasteiger partial charge in [0.1, 0.15) is 0 Å². The van der Waals surface area contributed by atoms with Crippen LogP contribution in [0.3, 0.4) is 0 Å². The number of ether oxygens (including phenoxy) is 1. The number of nitrogens with zero attached hydrogens (tertiary/aromatic N) is 2. The van der Waals surface area contributed by atoms with Gasteiger partial charge in [-0.2, -0.15) is 13.2 Å². The molecule has 1 aliphatic carbocycles. The highest BCUT2D eigenvalue weighted by Gasteiger charge is 2.31. The number of hydrogen-bond acceptors (Lipinski definition) is 4. The molecular weight excluding hydrogens is 331 g/mol. The van der Waals surface area contributed by atoms with Crippen LogP contribution in [0, 0.1) is 0 Å². The minimum atomic E-state index is -4.38. The summed E-state index contributed by atoms with van der Waals surface area (Å²) < 4.78 is 44.0. The number of fused-ring (bicyclic) bond motifs is 1. The molecule has 4 nitrogen and oxygen atoms in total. The highest BCUT2D eigenvalue weighted by molar-refractivity contribution is 5.37. The van der Waals surface area contributed by atoms with Crippen molar-refractivity contribution >= 4 is 5.95 Å². The van der Waals surface area contributed by atoms with Gasteiger partial charge >= 0.3 is 6.18 Å². The Kier molecular flexibility index (Phi) is 5.22. The molecule has 0 aliphatic heterocycles. The first-order valence-corrected chi connectivity index (χ1v) is 8.25. The van der Waals surface area contributed by atoms with E-state index in [1.54, 1.807) is 12.3 Å². The van der Waals surface area contributed by atoms with Gasteiger partial charge in [0.25, 0.3) is 0 Å². The van der Waals surface area contributed by atoms with Gasteiger partial charge in [-0.05, 0) is 48.9 Å². The van der Waals surface area contributed by atoms with Gasteiger partial charge in [0, 0.05) is 19.0 Å². The minimum absolute atomic E-state index is 0.210. The van der Waals surface area contributed by atoms with Crippen LogP contribution in [0.15, 0.2) is 30.5 Å². The van der Waals surface area contributed by atoms with E-state index >= 15 is 0 Å². The number of aryl methyl sites for hydroxylation is 2. The molecule has 1 aromatic heterocycles. The first-order valence-electron chi connectivity index (χ1n) is 8.25. The van der Waals surface area contributed by atoms with Crippen LogP contribution in [0.2, 0.25) is 0 Å². The van der Waals surface area contributed by atoms with Crippen LogP contribution in [-0.4, -0.2) is 23.7 Å². The first kappa shape index (κ1) is 17.7. The third-order valence-electron chi connectivity index (χ3n) is 4.32. The van der Waals surface area contributed by atoms with Gasteiger partial charge in [-0.1, -0.05) is 12.1 Å². The Bertz CT molecular complexity index is 734. The van der Waals surface area contributed by atoms with E-state index in [1.807, 2.05) is 0 Å². The van der Waals surface area contributed by atoms with Gasteiger partial charge in [0.15, 0.2) is 0 Å². The van der Waals surface area contributed by atoms with Crippen LogP contribution >= 0.6 is 0 Å². The lowest BCUT2D eigenvalue weighted by Crippen LogP contribution is -2.20. The zero-order valence-electron chi connectivity index (χ0n) is 13.9. The number of methoxy groups -OCH3 is 1. The summed E-state index contributed by atoms with van der Waals surface area (Å²) in [5, 5.41) is 3.11. The summed E-state index contributed by atoms with van der Waals surface area (Å²) in [6.07, 6.45) is 1.55. The second-order valence-electron chi connectivity index (χ2n) is 6.15. The molecule has 0 spiro atoms. The topological polar surface area (TPSA) is 47.0 Å². The van der Waals surface area contributed by atoms with Crippen LogP contribution in [0.25, 0.3) is 0 Å². The lowest BCUT2D eigenvalue weighted by Gasteiger charge is -2.21. The summed E-state index contributed by atoms with van der Waals surface area (Å²) in [4.78, 5) is 8.84. The molecular formula is C18H20F3N3O. The molecule has 2 aromatic rings. The van der Waals surface area contributed by atoms with Gasteiger partial charge in [0.05, 0.1) is 18.2 Å². The molecule has 0 bridgehead atoms. The van der Waals surface area contributed by atoms with Crippen molar-refractivity contribution in [2.45, 2.75) is 37.9 Å². The van der Waals surface area contributed by atoms with Crippen molar-refractivity contribution in [2.75, 3.05) is 19.0 Å². The highest BCUT2D eigenvalue weighted by atomic mass is 19.4. The molecule has 0 radical (unpaired) electrons. The molecule has 0 fully saturated rings. The number of halogens is 3. The number of nitrogens with one attached hydrogen (secondary N) is 1. The van der Waals surface area contributed by atoms with Crippen molar-refractivity contribution in [1.82, 2.24) is 9.97 Å². The van der Waals surface area contributed by atoms with Crippen molar-refractivity contribution in [2.24, 2.45) is 0 Å². The predicted molar refractivity (Wildman–Crippen MR) is 88.4 cm³/mol. The van der Waals surface area contributed by atoms with E-state index in [9.17, 15) is 13.2 Å². The van der Waals surface area contributed by atoms with Crippen molar-refractivity contribution in [3.8, 4) is 0 Å².